The van der Waals surface area contributed by atoms with E-state index in [0.29, 0.717) is 25.1 Å². The summed E-state index contributed by atoms with van der Waals surface area (Å²) in [6.45, 7) is 6.22. The summed E-state index contributed by atoms with van der Waals surface area (Å²) in [5, 5.41) is 2.95. The van der Waals surface area contributed by atoms with Gasteiger partial charge in [0.15, 0.2) is 0 Å². The summed E-state index contributed by atoms with van der Waals surface area (Å²) < 4.78 is 29.6. The van der Waals surface area contributed by atoms with E-state index in [2.05, 4.69) is 27.9 Å². The Labute approximate surface area is 245 Å². The summed E-state index contributed by atoms with van der Waals surface area (Å²) >= 11 is 2.15. The van der Waals surface area contributed by atoms with Crippen LogP contribution in [0, 0.1) is 9.49 Å². The molecule has 3 rings (SSSR count). The van der Waals surface area contributed by atoms with Crippen molar-refractivity contribution in [3.05, 3.63) is 94.1 Å². The van der Waals surface area contributed by atoms with Crippen LogP contribution in [0.5, 0.6) is 0 Å². The summed E-state index contributed by atoms with van der Waals surface area (Å²) in [6.07, 6.45) is 0.939. The molecule has 2 amide bonds. The third-order valence-corrected chi connectivity index (χ3v) is 8.79. The molecule has 1 atom stereocenters. The molecule has 7 nitrogen and oxygen atoms in total. The minimum Gasteiger partial charge on any atom is -0.354 e. The van der Waals surface area contributed by atoms with Crippen molar-refractivity contribution >= 4 is 50.1 Å². The average Bonchev–Trinajstić information content (AvgIpc) is 2.94. The first-order valence-corrected chi connectivity index (χ1v) is 15.6. The summed E-state index contributed by atoms with van der Waals surface area (Å²) in [5.74, 6) is -0.415. The first kappa shape index (κ1) is 30.6. The molecule has 0 radical (unpaired) electrons. The Morgan fingerprint density at radius 1 is 0.897 bits per heavy atom. The fourth-order valence-corrected chi connectivity index (χ4v) is 5.97. The zero-order valence-electron chi connectivity index (χ0n) is 22.6. The highest BCUT2D eigenvalue weighted by Crippen LogP contribution is 2.25. The Morgan fingerprint density at radius 3 is 2.05 bits per heavy atom. The van der Waals surface area contributed by atoms with Crippen LogP contribution >= 0.6 is 22.6 Å². The lowest BCUT2D eigenvalue weighted by atomic mass is 10.1. The smallest absolute Gasteiger partial charge is 0.264 e. The highest BCUT2D eigenvalue weighted by molar-refractivity contribution is 14.1. The van der Waals surface area contributed by atoms with E-state index >= 15 is 0 Å². The molecule has 3 aromatic carbocycles. The first-order valence-electron chi connectivity index (χ1n) is 13.1. The molecule has 0 aliphatic rings. The third kappa shape index (κ3) is 8.53. The number of hydrogen-bond donors (Lipinski definition) is 1. The number of halogens is 1. The third-order valence-electron chi connectivity index (χ3n) is 6.28. The van der Waals surface area contributed by atoms with Gasteiger partial charge in [-0.2, -0.15) is 0 Å². The van der Waals surface area contributed by atoms with Crippen molar-refractivity contribution in [1.82, 2.24) is 10.2 Å². The average molecular weight is 662 g/mol. The second-order valence-electron chi connectivity index (χ2n) is 9.69. The van der Waals surface area contributed by atoms with E-state index in [-0.39, 0.29) is 23.3 Å². The molecule has 3 aromatic rings. The maximum absolute atomic E-state index is 14.0. The van der Waals surface area contributed by atoms with E-state index in [1.54, 1.807) is 42.5 Å². The Morgan fingerprint density at radius 2 is 1.49 bits per heavy atom. The molecule has 9 heteroatoms. The molecule has 0 saturated heterocycles. The molecule has 0 aromatic heterocycles. The Balaban J connectivity index is 1.97. The topological polar surface area (TPSA) is 86.8 Å². The lowest BCUT2D eigenvalue weighted by Crippen LogP contribution is -2.53. The maximum Gasteiger partial charge on any atom is 0.264 e. The number of benzene rings is 3. The van der Waals surface area contributed by atoms with E-state index in [0.717, 1.165) is 13.4 Å². The Hall–Kier alpha value is -2.92. The number of nitrogens with zero attached hydrogens (tertiary/aromatic N) is 2. The van der Waals surface area contributed by atoms with Gasteiger partial charge < -0.3 is 10.2 Å². The number of carbonyl (C=O) groups excluding carboxylic acids is 2. The lowest BCUT2D eigenvalue weighted by Gasteiger charge is -2.33. The molecule has 208 valence electrons. The van der Waals surface area contributed by atoms with Crippen molar-refractivity contribution in [2.45, 2.75) is 44.6 Å². The predicted molar refractivity (Wildman–Crippen MR) is 164 cm³/mol. The van der Waals surface area contributed by atoms with Crippen molar-refractivity contribution in [2.75, 3.05) is 23.9 Å². The second kappa shape index (κ2) is 14.5. The molecule has 0 aliphatic carbocycles. The normalized spacial score (nSPS) is 12.1. The van der Waals surface area contributed by atoms with Gasteiger partial charge in [-0.3, -0.25) is 13.9 Å². The monoisotopic (exact) mass is 661 g/mol. The number of carbonyl (C=O) groups is 2. The van der Waals surface area contributed by atoms with Gasteiger partial charge in [0.25, 0.3) is 10.0 Å². The molecule has 0 aliphatic heterocycles. The van der Waals surface area contributed by atoms with Crippen molar-refractivity contribution in [3.63, 3.8) is 0 Å². The van der Waals surface area contributed by atoms with Crippen LogP contribution in [-0.2, 0) is 26.0 Å². The minimum absolute atomic E-state index is 0.0916. The van der Waals surface area contributed by atoms with Gasteiger partial charge in [0, 0.05) is 16.7 Å². The molecule has 0 saturated carbocycles. The number of rotatable bonds is 13. The molecule has 0 heterocycles. The van der Waals surface area contributed by atoms with Crippen LogP contribution in [0.2, 0.25) is 0 Å². The minimum atomic E-state index is -4.05. The van der Waals surface area contributed by atoms with Crippen molar-refractivity contribution < 1.29 is 18.0 Å². The van der Waals surface area contributed by atoms with Gasteiger partial charge in [0.05, 0.1) is 10.6 Å². The number of hydrogen-bond acceptors (Lipinski definition) is 4. The van der Waals surface area contributed by atoms with Crippen LogP contribution in [0.25, 0.3) is 0 Å². The summed E-state index contributed by atoms with van der Waals surface area (Å²) in [5.41, 5.74) is 1.41. The number of anilines is 1. The highest BCUT2D eigenvalue weighted by atomic mass is 127. The van der Waals surface area contributed by atoms with Gasteiger partial charge in [-0.15, -0.1) is 0 Å². The molecule has 1 N–H and O–H groups in total. The molecule has 0 fully saturated rings. The highest BCUT2D eigenvalue weighted by Gasteiger charge is 2.33. The fourth-order valence-electron chi connectivity index (χ4n) is 4.17. The Kier molecular flexibility index (Phi) is 11.4. The first-order chi connectivity index (χ1) is 18.6. The SMILES string of the molecule is CC[C@@H](C(=O)NCC(C)C)N(CCc1ccccc1)C(=O)CN(c1ccc(I)cc1)S(=O)(=O)c1ccccc1. The molecule has 0 spiro atoms. The van der Waals surface area contributed by atoms with Gasteiger partial charge in [0.2, 0.25) is 11.8 Å². The largest absolute Gasteiger partial charge is 0.354 e. The van der Waals surface area contributed by atoms with Crippen molar-refractivity contribution in [3.8, 4) is 0 Å². The van der Waals surface area contributed by atoms with E-state index in [1.807, 2.05) is 51.1 Å². The van der Waals surface area contributed by atoms with Crippen LogP contribution in [0.15, 0.2) is 89.8 Å². The Bertz CT molecular complexity index is 1320. The molecular weight excluding hydrogens is 625 g/mol. The fraction of sp³-hybridized carbons (Fsp3) is 0.333. The van der Waals surface area contributed by atoms with Crippen molar-refractivity contribution in [1.29, 1.82) is 0 Å². The summed E-state index contributed by atoms with van der Waals surface area (Å²) in [4.78, 5) is 28.8. The van der Waals surface area contributed by atoms with Crippen LogP contribution in [0.1, 0.15) is 32.8 Å². The van der Waals surface area contributed by atoms with E-state index in [9.17, 15) is 18.0 Å². The number of amides is 2. The predicted octanol–water partition coefficient (Wildman–Crippen LogP) is 5.11. The zero-order chi connectivity index (χ0) is 28.4. The molecular formula is C30H36IN3O4S. The number of nitrogens with one attached hydrogen (secondary N) is 1. The van der Waals surface area contributed by atoms with Gasteiger partial charge in [-0.05, 0) is 83.3 Å². The van der Waals surface area contributed by atoms with Gasteiger partial charge in [0.1, 0.15) is 12.6 Å². The lowest BCUT2D eigenvalue weighted by molar-refractivity contribution is -0.139. The van der Waals surface area contributed by atoms with Crippen LogP contribution in [0.3, 0.4) is 0 Å². The quantitative estimate of drug-likeness (QED) is 0.258. The van der Waals surface area contributed by atoms with Gasteiger partial charge in [-0.25, -0.2) is 8.42 Å². The zero-order valence-corrected chi connectivity index (χ0v) is 25.6. The van der Waals surface area contributed by atoms with E-state index in [4.69, 9.17) is 0 Å². The summed E-state index contributed by atoms with van der Waals surface area (Å²) in [7, 11) is -4.05. The summed E-state index contributed by atoms with van der Waals surface area (Å²) in [6, 6.07) is 24.1. The van der Waals surface area contributed by atoms with Crippen molar-refractivity contribution in [2.24, 2.45) is 5.92 Å². The van der Waals surface area contributed by atoms with Crippen LogP contribution in [0.4, 0.5) is 5.69 Å². The van der Waals surface area contributed by atoms with Crippen LogP contribution < -0.4 is 9.62 Å². The molecule has 0 bridgehead atoms. The van der Waals surface area contributed by atoms with Gasteiger partial charge in [-0.1, -0.05) is 69.3 Å². The van der Waals surface area contributed by atoms with E-state index in [1.165, 1.54) is 17.0 Å². The standard InChI is InChI=1S/C30H36IN3O4S/c1-4-28(30(36)32-21-23(2)3)33(20-19-24-11-7-5-8-12-24)29(35)22-34(26-17-15-25(31)16-18-26)39(37,38)27-13-9-6-10-14-27/h5-18,23,28H,4,19-22H2,1-3H3,(H,32,36)/t28-/m0/s1. The van der Waals surface area contributed by atoms with E-state index < -0.39 is 28.5 Å². The van der Waals surface area contributed by atoms with Gasteiger partial charge >= 0.3 is 0 Å². The maximum atomic E-state index is 14.0. The van der Waals surface area contributed by atoms with Crippen LogP contribution in [-0.4, -0.2) is 50.8 Å². The molecule has 39 heavy (non-hydrogen) atoms. The number of sulfonamides is 1. The second-order valence-corrected chi connectivity index (χ2v) is 12.8. The molecule has 0 unspecified atom stereocenters.